The molecule has 0 spiro atoms. The van der Waals surface area contributed by atoms with Gasteiger partial charge in [-0.1, -0.05) is 12.1 Å². The highest BCUT2D eigenvalue weighted by Crippen LogP contribution is 2.27. The largest absolute Gasteiger partial charge is 0.436 e. The standard InChI is InChI=1S/C13H12F2N2O/c1-8-3-2-4-11(12(8)15)18-13-9(6-16)5-10(14)7-17-13/h2-5,7H,6,16H2,1H3. The van der Waals surface area contributed by atoms with Crippen LogP contribution in [0.15, 0.2) is 30.5 Å². The van der Waals surface area contributed by atoms with Crippen molar-refractivity contribution in [2.45, 2.75) is 13.5 Å². The van der Waals surface area contributed by atoms with E-state index < -0.39 is 11.6 Å². The summed E-state index contributed by atoms with van der Waals surface area (Å²) in [5.41, 5.74) is 6.31. The van der Waals surface area contributed by atoms with Gasteiger partial charge in [-0.25, -0.2) is 13.8 Å². The smallest absolute Gasteiger partial charge is 0.224 e. The van der Waals surface area contributed by atoms with Crippen LogP contribution in [-0.4, -0.2) is 4.98 Å². The van der Waals surface area contributed by atoms with E-state index in [1.165, 1.54) is 12.1 Å². The highest BCUT2D eigenvalue weighted by molar-refractivity contribution is 5.35. The van der Waals surface area contributed by atoms with Gasteiger partial charge in [-0.05, 0) is 24.6 Å². The summed E-state index contributed by atoms with van der Waals surface area (Å²) in [6.07, 6.45) is 1.00. The van der Waals surface area contributed by atoms with Crippen LogP contribution in [0.25, 0.3) is 0 Å². The second-order valence-electron chi connectivity index (χ2n) is 3.81. The molecule has 18 heavy (non-hydrogen) atoms. The zero-order chi connectivity index (χ0) is 13.1. The Hall–Kier alpha value is -2.01. The number of aromatic nitrogens is 1. The Morgan fingerprint density at radius 1 is 1.33 bits per heavy atom. The number of benzene rings is 1. The number of hydrogen-bond donors (Lipinski definition) is 1. The van der Waals surface area contributed by atoms with Crippen LogP contribution in [0.1, 0.15) is 11.1 Å². The molecule has 2 aromatic rings. The quantitative estimate of drug-likeness (QED) is 0.911. The number of halogens is 2. The molecule has 0 aliphatic carbocycles. The predicted octanol–water partition coefficient (Wildman–Crippen LogP) is 2.92. The highest BCUT2D eigenvalue weighted by Gasteiger charge is 2.11. The van der Waals surface area contributed by atoms with E-state index in [1.807, 2.05) is 0 Å². The lowest BCUT2D eigenvalue weighted by Gasteiger charge is -2.10. The van der Waals surface area contributed by atoms with E-state index in [2.05, 4.69) is 4.98 Å². The van der Waals surface area contributed by atoms with Crippen LogP contribution in [0.2, 0.25) is 0 Å². The van der Waals surface area contributed by atoms with Gasteiger partial charge in [0.15, 0.2) is 11.6 Å². The second-order valence-corrected chi connectivity index (χ2v) is 3.81. The second kappa shape index (κ2) is 5.10. The number of nitrogens with zero attached hydrogens (tertiary/aromatic N) is 1. The Morgan fingerprint density at radius 2 is 2.11 bits per heavy atom. The van der Waals surface area contributed by atoms with E-state index >= 15 is 0 Å². The summed E-state index contributed by atoms with van der Waals surface area (Å²) >= 11 is 0. The van der Waals surface area contributed by atoms with Gasteiger partial charge in [-0.3, -0.25) is 0 Å². The van der Waals surface area contributed by atoms with Crippen LogP contribution in [0, 0.1) is 18.6 Å². The fourth-order valence-electron chi connectivity index (χ4n) is 1.51. The average molecular weight is 250 g/mol. The van der Waals surface area contributed by atoms with Gasteiger partial charge in [0, 0.05) is 12.1 Å². The first-order valence-electron chi connectivity index (χ1n) is 5.39. The summed E-state index contributed by atoms with van der Waals surface area (Å²) in [6.45, 7) is 1.69. The Morgan fingerprint density at radius 3 is 2.83 bits per heavy atom. The van der Waals surface area contributed by atoms with E-state index in [-0.39, 0.29) is 18.2 Å². The third-order valence-electron chi connectivity index (χ3n) is 2.47. The molecule has 0 amide bonds. The van der Waals surface area contributed by atoms with Crippen LogP contribution in [-0.2, 0) is 6.54 Å². The summed E-state index contributed by atoms with van der Waals surface area (Å²) in [6, 6.07) is 5.99. The van der Waals surface area contributed by atoms with Gasteiger partial charge in [0.05, 0.1) is 6.20 Å². The van der Waals surface area contributed by atoms with Gasteiger partial charge < -0.3 is 10.5 Å². The molecule has 0 aliphatic heterocycles. The molecule has 1 aromatic carbocycles. The molecule has 2 N–H and O–H groups in total. The molecule has 94 valence electrons. The normalized spacial score (nSPS) is 10.4. The molecule has 0 unspecified atom stereocenters. The molecule has 0 atom stereocenters. The number of pyridine rings is 1. The zero-order valence-electron chi connectivity index (χ0n) is 9.78. The van der Waals surface area contributed by atoms with Crippen molar-refractivity contribution in [1.82, 2.24) is 4.98 Å². The fourth-order valence-corrected chi connectivity index (χ4v) is 1.51. The molecule has 3 nitrogen and oxygen atoms in total. The van der Waals surface area contributed by atoms with Crippen molar-refractivity contribution in [1.29, 1.82) is 0 Å². The summed E-state index contributed by atoms with van der Waals surface area (Å²) in [5.74, 6) is -0.814. The van der Waals surface area contributed by atoms with Gasteiger partial charge in [-0.15, -0.1) is 0 Å². The molecule has 0 radical (unpaired) electrons. The van der Waals surface area contributed by atoms with Crippen molar-refractivity contribution >= 4 is 0 Å². The van der Waals surface area contributed by atoms with Crippen LogP contribution >= 0.6 is 0 Å². The summed E-state index contributed by atoms with van der Waals surface area (Å²) in [5, 5.41) is 0. The van der Waals surface area contributed by atoms with Crippen molar-refractivity contribution in [2.24, 2.45) is 5.73 Å². The van der Waals surface area contributed by atoms with Crippen molar-refractivity contribution < 1.29 is 13.5 Å². The number of rotatable bonds is 3. The average Bonchev–Trinajstić information content (AvgIpc) is 2.37. The van der Waals surface area contributed by atoms with Gasteiger partial charge in [0.2, 0.25) is 5.88 Å². The fraction of sp³-hybridized carbons (Fsp3) is 0.154. The van der Waals surface area contributed by atoms with Crippen molar-refractivity contribution in [3.05, 3.63) is 53.2 Å². The van der Waals surface area contributed by atoms with Crippen LogP contribution in [0.4, 0.5) is 8.78 Å². The molecule has 0 saturated carbocycles. The minimum Gasteiger partial charge on any atom is -0.436 e. The first-order chi connectivity index (χ1) is 8.61. The van der Waals surface area contributed by atoms with Gasteiger partial charge in [0.25, 0.3) is 0 Å². The molecule has 0 bridgehead atoms. The molecule has 0 aliphatic rings. The molecular weight excluding hydrogens is 238 g/mol. The van der Waals surface area contributed by atoms with Gasteiger partial charge in [-0.2, -0.15) is 0 Å². The van der Waals surface area contributed by atoms with Crippen molar-refractivity contribution in [3.8, 4) is 11.6 Å². The van der Waals surface area contributed by atoms with Crippen LogP contribution < -0.4 is 10.5 Å². The van der Waals surface area contributed by atoms with Crippen LogP contribution in [0.3, 0.4) is 0 Å². The maximum absolute atomic E-state index is 13.7. The molecule has 5 heteroatoms. The van der Waals surface area contributed by atoms with Gasteiger partial charge >= 0.3 is 0 Å². The summed E-state index contributed by atoms with van der Waals surface area (Å²) < 4.78 is 32.0. The van der Waals surface area contributed by atoms with Crippen molar-refractivity contribution in [3.63, 3.8) is 0 Å². The molecule has 1 aromatic heterocycles. The van der Waals surface area contributed by atoms with Crippen LogP contribution in [0.5, 0.6) is 11.6 Å². The Kier molecular flexibility index (Phi) is 3.53. The number of aryl methyl sites for hydroxylation is 1. The number of ether oxygens (including phenoxy) is 1. The van der Waals surface area contributed by atoms with Gasteiger partial charge in [0.1, 0.15) is 5.82 Å². The molecule has 0 fully saturated rings. The first-order valence-corrected chi connectivity index (χ1v) is 5.39. The Labute approximate surface area is 103 Å². The predicted molar refractivity (Wildman–Crippen MR) is 63.3 cm³/mol. The summed E-state index contributed by atoms with van der Waals surface area (Å²) in [4.78, 5) is 3.77. The maximum atomic E-state index is 13.7. The third-order valence-corrected chi connectivity index (χ3v) is 2.47. The highest BCUT2D eigenvalue weighted by atomic mass is 19.1. The SMILES string of the molecule is Cc1cccc(Oc2ncc(F)cc2CN)c1F. The van der Waals surface area contributed by atoms with Crippen molar-refractivity contribution in [2.75, 3.05) is 0 Å². The molecule has 0 saturated heterocycles. The van der Waals surface area contributed by atoms with E-state index in [4.69, 9.17) is 10.5 Å². The Balaban J connectivity index is 2.37. The van der Waals surface area contributed by atoms with E-state index in [0.29, 0.717) is 11.1 Å². The molecular formula is C13H12F2N2O. The lowest BCUT2D eigenvalue weighted by Crippen LogP contribution is -2.03. The topological polar surface area (TPSA) is 48.1 Å². The lowest BCUT2D eigenvalue weighted by atomic mass is 10.2. The lowest BCUT2D eigenvalue weighted by molar-refractivity contribution is 0.418. The van der Waals surface area contributed by atoms with E-state index in [0.717, 1.165) is 6.20 Å². The first kappa shape index (κ1) is 12.4. The number of hydrogen-bond acceptors (Lipinski definition) is 3. The minimum atomic E-state index is -0.507. The third kappa shape index (κ3) is 2.46. The zero-order valence-corrected chi connectivity index (χ0v) is 9.78. The Bertz CT molecular complexity index is 573. The molecule has 1 heterocycles. The maximum Gasteiger partial charge on any atom is 0.224 e. The van der Waals surface area contributed by atoms with E-state index in [9.17, 15) is 8.78 Å². The minimum absolute atomic E-state index is 0.0452. The monoisotopic (exact) mass is 250 g/mol. The molecule has 2 rings (SSSR count). The number of nitrogens with two attached hydrogens (primary N) is 1. The van der Waals surface area contributed by atoms with E-state index in [1.54, 1.807) is 19.1 Å². The summed E-state index contributed by atoms with van der Waals surface area (Å²) in [7, 11) is 0.